The number of amides is 1. The lowest BCUT2D eigenvalue weighted by atomic mass is 9.98. The van der Waals surface area contributed by atoms with Crippen molar-refractivity contribution in [1.82, 2.24) is 15.1 Å². The van der Waals surface area contributed by atoms with Gasteiger partial charge in [0.15, 0.2) is 6.04 Å². The summed E-state index contributed by atoms with van der Waals surface area (Å²) in [5.41, 5.74) is 3.05. The van der Waals surface area contributed by atoms with Crippen LogP contribution >= 0.6 is 0 Å². The summed E-state index contributed by atoms with van der Waals surface area (Å²) in [6.45, 7) is 5.79. The highest BCUT2D eigenvalue weighted by Gasteiger charge is 2.35. The van der Waals surface area contributed by atoms with E-state index in [2.05, 4.69) is 10.4 Å². The normalized spacial score (nSPS) is 12.8. The average molecular weight is 391 g/mol. The van der Waals surface area contributed by atoms with Crippen molar-refractivity contribution in [3.8, 4) is 0 Å². The van der Waals surface area contributed by atoms with Crippen LogP contribution in [0.1, 0.15) is 40.3 Å². The smallest absolute Gasteiger partial charge is 0.331 e. The number of ether oxygens (including phenoxy) is 1. The number of hydrogen-bond acceptors (Lipinski definition) is 4. The van der Waals surface area contributed by atoms with Crippen molar-refractivity contribution in [3.05, 3.63) is 89.2 Å². The zero-order chi connectivity index (χ0) is 20.8. The van der Waals surface area contributed by atoms with Crippen molar-refractivity contribution in [1.29, 1.82) is 0 Å². The van der Waals surface area contributed by atoms with E-state index in [1.165, 1.54) is 0 Å². The van der Waals surface area contributed by atoms with E-state index in [1.807, 2.05) is 56.3 Å². The van der Waals surface area contributed by atoms with E-state index >= 15 is 0 Å². The summed E-state index contributed by atoms with van der Waals surface area (Å²) >= 11 is 0. The van der Waals surface area contributed by atoms with Gasteiger partial charge in [0.25, 0.3) is 5.91 Å². The predicted octanol–water partition coefficient (Wildman–Crippen LogP) is 3.45. The maximum atomic E-state index is 12.9. The molecule has 6 nitrogen and oxygen atoms in total. The predicted molar refractivity (Wildman–Crippen MR) is 111 cm³/mol. The van der Waals surface area contributed by atoms with Gasteiger partial charge in [-0.25, -0.2) is 4.79 Å². The Kier molecular flexibility index (Phi) is 6.44. The number of rotatable bonds is 7. The molecule has 0 unspecified atom stereocenters. The standard InChI is InChI=1S/C23H25N3O3/c1-4-29-23(28)20(24-22(27)19-13-9-6-10-14-19)21(18-11-7-5-8-12-18)26-17(3)15-16(2)25-26/h5-15,20-21H,4H2,1-3H3,(H,24,27)/t20-,21-/m1/s1. The summed E-state index contributed by atoms with van der Waals surface area (Å²) in [6.07, 6.45) is 0. The largest absolute Gasteiger partial charge is 0.464 e. The molecule has 0 saturated heterocycles. The summed E-state index contributed by atoms with van der Waals surface area (Å²) in [5, 5.41) is 7.47. The fourth-order valence-electron chi connectivity index (χ4n) is 3.37. The molecule has 0 fully saturated rings. The zero-order valence-corrected chi connectivity index (χ0v) is 16.8. The molecule has 2 atom stereocenters. The van der Waals surface area contributed by atoms with Crippen LogP contribution in [0.15, 0.2) is 66.7 Å². The maximum Gasteiger partial charge on any atom is 0.331 e. The lowest BCUT2D eigenvalue weighted by molar-refractivity contribution is -0.146. The van der Waals surface area contributed by atoms with Gasteiger partial charge in [-0.15, -0.1) is 0 Å². The molecule has 1 N–H and O–H groups in total. The van der Waals surface area contributed by atoms with Crippen LogP contribution in [0.3, 0.4) is 0 Å². The van der Waals surface area contributed by atoms with Gasteiger partial charge in [-0.2, -0.15) is 5.10 Å². The summed E-state index contributed by atoms with van der Waals surface area (Å²) in [7, 11) is 0. The first kappa shape index (κ1) is 20.3. The second-order valence-corrected chi connectivity index (χ2v) is 6.80. The van der Waals surface area contributed by atoms with E-state index in [1.54, 1.807) is 35.9 Å². The second kappa shape index (κ2) is 9.19. The first-order chi connectivity index (χ1) is 14.0. The van der Waals surface area contributed by atoms with Crippen molar-refractivity contribution >= 4 is 11.9 Å². The van der Waals surface area contributed by atoms with Gasteiger partial charge in [-0.05, 0) is 44.5 Å². The molecular weight excluding hydrogens is 366 g/mol. The Labute approximate surface area is 170 Å². The van der Waals surface area contributed by atoms with E-state index in [0.717, 1.165) is 17.0 Å². The number of hydrogen-bond donors (Lipinski definition) is 1. The van der Waals surface area contributed by atoms with Crippen molar-refractivity contribution in [2.75, 3.05) is 6.61 Å². The molecule has 6 heteroatoms. The molecule has 150 valence electrons. The van der Waals surface area contributed by atoms with E-state index in [4.69, 9.17) is 4.74 Å². The number of benzene rings is 2. The van der Waals surface area contributed by atoms with Gasteiger partial charge in [-0.1, -0.05) is 48.5 Å². The Morgan fingerprint density at radius 1 is 1.03 bits per heavy atom. The Hall–Kier alpha value is -3.41. The number of nitrogens with one attached hydrogen (secondary N) is 1. The number of carbonyl (C=O) groups excluding carboxylic acids is 2. The van der Waals surface area contributed by atoms with E-state index in [-0.39, 0.29) is 12.5 Å². The molecule has 0 aliphatic carbocycles. The van der Waals surface area contributed by atoms with Crippen LogP contribution in [0.25, 0.3) is 0 Å². The molecular formula is C23H25N3O3. The van der Waals surface area contributed by atoms with Crippen molar-refractivity contribution in [2.45, 2.75) is 32.9 Å². The second-order valence-electron chi connectivity index (χ2n) is 6.80. The van der Waals surface area contributed by atoms with Crippen LogP contribution in [-0.2, 0) is 9.53 Å². The fraction of sp³-hybridized carbons (Fsp3) is 0.261. The van der Waals surface area contributed by atoms with E-state index in [0.29, 0.717) is 5.56 Å². The molecule has 1 aromatic heterocycles. The molecule has 0 bridgehead atoms. The van der Waals surface area contributed by atoms with Crippen molar-refractivity contribution < 1.29 is 14.3 Å². The van der Waals surface area contributed by atoms with Crippen LogP contribution < -0.4 is 5.32 Å². The van der Waals surface area contributed by atoms with Gasteiger partial charge < -0.3 is 10.1 Å². The minimum Gasteiger partial charge on any atom is -0.464 e. The number of nitrogens with zero attached hydrogens (tertiary/aromatic N) is 2. The van der Waals surface area contributed by atoms with Crippen LogP contribution in [0.5, 0.6) is 0 Å². The first-order valence-corrected chi connectivity index (χ1v) is 9.61. The third-order valence-corrected chi connectivity index (χ3v) is 4.63. The van der Waals surface area contributed by atoms with E-state index in [9.17, 15) is 9.59 Å². The molecule has 0 spiro atoms. The van der Waals surface area contributed by atoms with Gasteiger partial charge in [-0.3, -0.25) is 9.48 Å². The van der Waals surface area contributed by atoms with E-state index < -0.39 is 18.1 Å². The Bertz CT molecular complexity index is 968. The SMILES string of the molecule is CCOC(=O)[C@H](NC(=O)c1ccccc1)[C@@H](c1ccccc1)n1nc(C)cc1C. The quantitative estimate of drug-likeness (QED) is 0.626. The minimum absolute atomic E-state index is 0.217. The molecule has 2 aromatic carbocycles. The highest BCUT2D eigenvalue weighted by atomic mass is 16.5. The molecule has 0 radical (unpaired) electrons. The van der Waals surface area contributed by atoms with Crippen molar-refractivity contribution in [2.24, 2.45) is 0 Å². The number of esters is 1. The Morgan fingerprint density at radius 3 is 2.21 bits per heavy atom. The third-order valence-electron chi connectivity index (χ3n) is 4.63. The van der Waals surface area contributed by atoms with Crippen LogP contribution in [0.2, 0.25) is 0 Å². The monoisotopic (exact) mass is 391 g/mol. The average Bonchev–Trinajstić information content (AvgIpc) is 3.06. The van der Waals surface area contributed by atoms with Crippen LogP contribution in [0, 0.1) is 13.8 Å². The molecule has 0 saturated carbocycles. The molecule has 3 aromatic rings. The summed E-state index contributed by atoms with van der Waals surface area (Å²) < 4.78 is 7.09. The number of aromatic nitrogens is 2. The number of carbonyl (C=O) groups is 2. The fourth-order valence-corrected chi connectivity index (χ4v) is 3.37. The first-order valence-electron chi connectivity index (χ1n) is 9.61. The van der Waals surface area contributed by atoms with Gasteiger partial charge in [0.05, 0.1) is 12.3 Å². The lowest BCUT2D eigenvalue weighted by Crippen LogP contribution is -2.48. The summed E-state index contributed by atoms with van der Waals surface area (Å²) in [4.78, 5) is 25.8. The van der Waals surface area contributed by atoms with Crippen LogP contribution in [0.4, 0.5) is 0 Å². The molecule has 3 rings (SSSR count). The van der Waals surface area contributed by atoms with Crippen LogP contribution in [-0.4, -0.2) is 34.3 Å². The topological polar surface area (TPSA) is 73.2 Å². The highest BCUT2D eigenvalue weighted by Crippen LogP contribution is 2.25. The summed E-state index contributed by atoms with van der Waals surface area (Å²) in [5.74, 6) is -0.843. The molecule has 1 amide bonds. The highest BCUT2D eigenvalue weighted by molar-refractivity contribution is 5.97. The van der Waals surface area contributed by atoms with Gasteiger partial charge in [0.2, 0.25) is 0 Å². The minimum atomic E-state index is -0.942. The maximum absolute atomic E-state index is 12.9. The van der Waals surface area contributed by atoms with Gasteiger partial charge in [0, 0.05) is 11.3 Å². The molecule has 0 aliphatic rings. The Balaban J connectivity index is 2.06. The van der Waals surface area contributed by atoms with Gasteiger partial charge in [0.1, 0.15) is 6.04 Å². The van der Waals surface area contributed by atoms with Crippen molar-refractivity contribution in [3.63, 3.8) is 0 Å². The molecule has 1 heterocycles. The molecule has 0 aliphatic heterocycles. The number of aryl methyl sites for hydroxylation is 2. The Morgan fingerprint density at radius 2 is 1.66 bits per heavy atom. The third kappa shape index (κ3) is 4.71. The lowest BCUT2D eigenvalue weighted by Gasteiger charge is -2.28. The molecule has 29 heavy (non-hydrogen) atoms. The zero-order valence-electron chi connectivity index (χ0n) is 16.8. The van der Waals surface area contributed by atoms with Gasteiger partial charge >= 0.3 is 5.97 Å². The summed E-state index contributed by atoms with van der Waals surface area (Å²) in [6, 6.07) is 18.8.